The summed E-state index contributed by atoms with van der Waals surface area (Å²) >= 11 is 0. The summed E-state index contributed by atoms with van der Waals surface area (Å²) in [6.45, 7) is 24.8. The van der Waals surface area contributed by atoms with Crippen LogP contribution < -0.4 is 0 Å². The second kappa shape index (κ2) is 11.7. The number of nitrogens with zero attached hydrogens (tertiary/aromatic N) is 4. The largest absolute Gasteiger partial charge is 2.00 e. The molecule has 0 amide bonds. The van der Waals surface area contributed by atoms with Gasteiger partial charge in [-0.1, -0.05) is 83.1 Å². The third-order valence-corrected chi connectivity index (χ3v) is 1.98. The van der Waals surface area contributed by atoms with Gasteiger partial charge in [-0.3, -0.25) is 0 Å². The molecule has 0 spiro atoms. The van der Waals surface area contributed by atoms with Gasteiger partial charge in [-0.05, 0) is 0 Å². The molecule has 0 aromatic rings. The summed E-state index contributed by atoms with van der Waals surface area (Å²) in [5.74, 6) is 0. The van der Waals surface area contributed by atoms with Crippen molar-refractivity contribution in [1.29, 1.82) is 0 Å². The van der Waals surface area contributed by atoms with Crippen molar-refractivity contribution in [1.82, 2.24) is 0 Å². The summed E-state index contributed by atoms with van der Waals surface area (Å²) in [7, 11) is 0. The molecule has 0 saturated carbocycles. The van der Waals surface area contributed by atoms with E-state index >= 15 is 0 Å². The Bertz CT molecular complexity index is 300. The van der Waals surface area contributed by atoms with Crippen LogP contribution in [0.5, 0.6) is 0 Å². The third kappa shape index (κ3) is 35.2. The summed E-state index contributed by atoms with van der Waals surface area (Å²) in [5, 5.41) is 17.1. The summed E-state index contributed by atoms with van der Waals surface area (Å²) < 4.78 is 0. The van der Waals surface area contributed by atoms with Crippen LogP contribution in [-0.4, -0.2) is 22.2 Å². The van der Waals surface area contributed by atoms with E-state index in [1.54, 1.807) is 24.8 Å². The van der Waals surface area contributed by atoms with Crippen LogP contribution in [0.3, 0.4) is 0 Å². The normalized spacial score (nSPS) is 13.0. The molecule has 0 aromatic carbocycles. The van der Waals surface area contributed by atoms with Gasteiger partial charge in [-0.25, -0.2) is 24.8 Å². The fourth-order valence-electron chi connectivity index (χ4n) is 1.03. The molecule has 0 radical (unpaired) electrons. The standard InChI is InChI=1S/2C10H20N2.Ni/c2*1-9(2,3)11-7-8-12-10(4,5)6;/h2*7-8H,1-6H3;/q2*-2;+2/b2*8-7-;. The third-order valence-electron chi connectivity index (χ3n) is 1.98. The SMILES string of the molecule is CC(C)(C)[N-]/C=C\[N-]C(C)(C)C.CC(C)(C)[N-]/C=C\[N-]C(C)(C)C.[Ni+2]. The minimum Gasteiger partial charge on any atom is -0.687 e. The van der Waals surface area contributed by atoms with E-state index in [1.165, 1.54) is 0 Å². The average molecular weight is 395 g/mol. The molecule has 0 unspecified atom stereocenters. The maximum Gasteiger partial charge on any atom is 2.00 e. The van der Waals surface area contributed by atoms with Crippen LogP contribution in [0.1, 0.15) is 83.1 Å². The van der Waals surface area contributed by atoms with E-state index in [0.29, 0.717) is 0 Å². The van der Waals surface area contributed by atoms with E-state index in [4.69, 9.17) is 0 Å². The van der Waals surface area contributed by atoms with Crippen LogP contribution in [0.2, 0.25) is 0 Å². The smallest absolute Gasteiger partial charge is 0.687 e. The molecule has 152 valence electrons. The quantitative estimate of drug-likeness (QED) is 0.440. The molecule has 0 N–H and O–H groups in total. The Morgan fingerprint density at radius 1 is 0.360 bits per heavy atom. The van der Waals surface area contributed by atoms with E-state index in [0.717, 1.165) is 0 Å². The summed E-state index contributed by atoms with van der Waals surface area (Å²) in [5.41, 5.74) is 0.0155. The molecule has 0 aromatic heterocycles. The molecule has 0 fully saturated rings. The fourth-order valence-corrected chi connectivity index (χ4v) is 1.03. The Balaban J connectivity index is -0.000000372. The van der Waals surface area contributed by atoms with Crippen molar-refractivity contribution < 1.29 is 16.5 Å². The van der Waals surface area contributed by atoms with Crippen molar-refractivity contribution >= 4 is 0 Å². The Morgan fingerprint density at radius 2 is 0.480 bits per heavy atom. The van der Waals surface area contributed by atoms with Crippen LogP contribution in [0.15, 0.2) is 24.8 Å². The molecule has 0 atom stereocenters. The van der Waals surface area contributed by atoms with Gasteiger partial charge in [0.05, 0.1) is 0 Å². The van der Waals surface area contributed by atoms with Gasteiger partial charge in [0, 0.05) is 0 Å². The molecule has 0 bridgehead atoms. The van der Waals surface area contributed by atoms with Crippen LogP contribution in [0.4, 0.5) is 0 Å². The van der Waals surface area contributed by atoms with E-state index in [9.17, 15) is 0 Å². The van der Waals surface area contributed by atoms with Gasteiger partial charge in [-0.2, -0.15) is 0 Å². The maximum atomic E-state index is 4.29. The first-order valence-corrected chi connectivity index (χ1v) is 8.59. The second-order valence-corrected chi connectivity index (χ2v) is 9.80. The molecular formula is C20H40N4Ni-2. The summed E-state index contributed by atoms with van der Waals surface area (Å²) in [4.78, 5) is 0. The van der Waals surface area contributed by atoms with Crippen molar-refractivity contribution in [2.24, 2.45) is 0 Å². The van der Waals surface area contributed by atoms with Crippen LogP contribution in [-0.2, 0) is 16.5 Å². The van der Waals surface area contributed by atoms with Gasteiger partial charge < -0.3 is 21.3 Å². The first-order chi connectivity index (χ1) is 10.4. The Hall–Kier alpha value is -0.826. The number of hydrogen-bond acceptors (Lipinski definition) is 0. The zero-order chi connectivity index (χ0) is 19.7. The van der Waals surface area contributed by atoms with Gasteiger partial charge in [-0.15, -0.1) is 22.2 Å². The molecule has 0 heterocycles. The van der Waals surface area contributed by atoms with E-state index in [-0.39, 0.29) is 38.6 Å². The first-order valence-electron chi connectivity index (χ1n) is 8.59. The van der Waals surface area contributed by atoms with Crippen molar-refractivity contribution in [2.75, 3.05) is 0 Å². The van der Waals surface area contributed by atoms with Gasteiger partial charge in [0.25, 0.3) is 0 Å². The first kappa shape index (κ1) is 29.0. The van der Waals surface area contributed by atoms with Crippen molar-refractivity contribution in [3.05, 3.63) is 46.1 Å². The van der Waals surface area contributed by atoms with Crippen molar-refractivity contribution in [3.63, 3.8) is 0 Å². The van der Waals surface area contributed by atoms with E-state index in [1.807, 2.05) is 0 Å². The second-order valence-electron chi connectivity index (χ2n) is 9.80. The molecule has 0 aliphatic heterocycles. The molecular weight excluding hydrogens is 355 g/mol. The van der Waals surface area contributed by atoms with Crippen molar-refractivity contribution in [2.45, 2.75) is 105 Å². The monoisotopic (exact) mass is 394 g/mol. The molecule has 0 rings (SSSR count). The average Bonchev–Trinajstić information content (AvgIpc) is 2.27. The molecule has 5 heteroatoms. The molecule has 4 nitrogen and oxygen atoms in total. The Kier molecular flexibility index (Phi) is 13.6. The molecule has 25 heavy (non-hydrogen) atoms. The van der Waals surface area contributed by atoms with Gasteiger partial charge in [0.15, 0.2) is 0 Å². The van der Waals surface area contributed by atoms with Crippen LogP contribution >= 0.6 is 0 Å². The van der Waals surface area contributed by atoms with Gasteiger partial charge in [0.2, 0.25) is 0 Å². The summed E-state index contributed by atoms with van der Waals surface area (Å²) in [6.07, 6.45) is 7.08. The summed E-state index contributed by atoms with van der Waals surface area (Å²) in [6, 6.07) is 0. The zero-order valence-electron chi connectivity index (χ0n) is 18.4. The van der Waals surface area contributed by atoms with Gasteiger partial charge >= 0.3 is 16.5 Å². The van der Waals surface area contributed by atoms with Gasteiger partial charge in [0.1, 0.15) is 0 Å². The van der Waals surface area contributed by atoms with E-state index in [2.05, 4.69) is 104 Å². The predicted molar refractivity (Wildman–Crippen MR) is 111 cm³/mol. The minimum absolute atomic E-state index is 0. The molecule has 0 saturated heterocycles. The predicted octanol–water partition coefficient (Wildman–Crippen LogP) is 7.60. The zero-order valence-corrected chi connectivity index (χ0v) is 19.4. The number of rotatable bonds is 4. The van der Waals surface area contributed by atoms with Crippen LogP contribution in [0.25, 0.3) is 21.3 Å². The van der Waals surface area contributed by atoms with Crippen LogP contribution in [0, 0.1) is 0 Å². The fraction of sp³-hybridized carbons (Fsp3) is 0.800. The topological polar surface area (TPSA) is 56.4 Å². The Labute approximate surface area is 168 Å². The molecule has 0 aliphatic carbocycles. The minimum atomic E-state index is 0. The number of hydrogen-bond donors (Lipinski definition) is 0. The maximum absolute atomic E-state index is 4.29. The van der Waals surface area contributed by atoms with E-state index < -0.39 is 0 Å². The van der Waals surface area contributed by atoms with Crippen molar-refractivity contribution in [3.8, 4) is 0 Å². The molecule has 0 aliphatic rings. The Morgan fingerprint density at radius 3 is 0.560 bits per heavy atom.